The lowest BCUT2D eigenvalue weighted by Gasteiger charge is -2.10. The van der Waals surface area contributed by atoms with Crippen LogP contribution in [0.3, 0.4) is 0 Å². The van der Waals surface area contributed by atoms with Gasteiger partial charge in [0, 0.05) is 0 Å². The van der Waals surface area contributed by atoms with Gasteiger partial charge in [0.05, 0.1) is 6.26 Å². The van der Waals surface area contributed by atoms with E-state index in [1.165, 1.54) is 19.1 Å². The lowest BCUT2D eigenvalue weighted by molar-refractivity contribution is 0.176. The Morgan fingerprint density at radius 2 is 2.27 bits per heavy atom. The van der Waals surface area contributed by atoms with Crippen molar-refractivity contribution in [3.05, 3.63) is 25.0 Å². The first-order chi connectivity index (χ1) is 5.35. The summed E-state index contributed by atoms with van der Waals surface area (Å²) in [6, 6.07) is 0. The van der Waals surface area contributed by atoms with Crippen LogP contribution in [0, 0.1) is 0 Å². The molecule has 0 spiro atoms. The molecule has 0 rings (SSSR count). The van der Waals surface area contributed by atoms with Gasteiger partial charge in [-0.05, 0) is 25.8 Å². The molecule has 64 valence electrons. The molecule has 0 radical (unpaired) electrons. The highest BCUT2D eigenvalue weighted by Crippen LogP contribution is 2.06. The van der Waals surface area contributed by atoms with Crippen LogP contribution in [0.4, 0.5) is 0 Å². The molecule has 0 saturated heterocycles. The molecule has 1 atom stereocenters. The predicted molar refractivity (Wildman–Crippen MR) is 49.4 cm³/mol. The number of unbranched alkanes of at least 4 members (excludes halogenated alkanes) is 1. The minimum atomic E-state index is 0.234. The van der Waals surface area contributed by atoms with E-state index >= 15 is 0 Å². The van der Waals surface area contributed by atoms with E-state index in [-0.39, 0.29) is 6.10 Å². The summed E-state index contributed by atoms with van der Waals surface area (Å²) >= 11 is 0. The van der Waals surface area contributed by atoms with E-state index in [0.29, 0.717) is 0 Å². The molecule has 0 aliphatic carbocycles. The molecular weight excluding hydrogens is 136 g/mol. The van der Waals surface area contributed by atoms with Crippen molar-refractivity contribution in [3.63, 3.8) is 0 Å². The van der Waals surface area contributed by atoms with Crippen LogP contribution in [0.5, 0.6) is 0 Å². The van der Waals surface area contributed by atoms with E-state index in [1.807, 2.05) is 13.0 Å². The van der Waals surface area contributed by atoms with Crippen LogP contribution in [0.2, 0.25) is 0 Å². The molecule has 0 bridgehead atoms. The third-order valence-corrected chi connectivity index (χ3v) is 1.52. The summed E-state index contributed by atoms with van der Waals surface area (Å²) in [4.78, 5) is 0. The van der Waals surface area contributed by atoms with Crippen LogP contribution in [-0.4, -0.2) is 6.10 Å². The Morgan fingerprint density at radius 1 is 1.55 bits per heavy atom. The summed E-state index contributed by atoms with van der Waals surface area (Å²) in [7, 11) is 0. The van der Waals surface area contributed by atoms with Gasteiger partial charge >= 0.3 is 0 Å². The van der Waals surface area contributed by atoms with Gasteiger partial charge in [0.2, 0.25) is 0 Å². The Bertz CT molecular complexity index is 116. The summed E-state index contributed by atoms with van der Waals surface area (Å²) in [5.41, 5.74) is 0. The van der Waals surface area contributed by atoms with Crippen LogP contribution >= 0.6 is 0 Å². The number of allylic oxidation sites excluding steroid dienone is 1. The van der Waals surface area contributed by atoms with Crippen LogP contribution in [0.15, 0.2) is 25.0 Å². The minimum absolute atomic E-state index is 0.234. The highest BCUT2D eigenvalue weighted by Gasteiger charge is 2.00. The predicted octanol–water partition coefficient (Wildman–Crippen LogP) is 3.28. The van der Waals surface area contributed by atoms with Gasteiger partial charge in [0.15, 0.2) is 0 Å². The lowest BCUT2D eigenvalue weighted by atomic mass is 10.1. The van der Waals surface area contributed by atoms with Gasteiger partial charge in [-0.1, -0.05) is 26.0 Å². The molecule has 0 N–H and O–H groups in total. The maximum Gasteiger partial charge on any atom is 0.116 e. The maximum atomic E-state index is 5.26. The molecule has 1 unspecified atom stereocenters. The zero-order valence-electron chi connectivity index (χ0n) is 7.55. The first-order valence-corrected chi connectivity index (χ1v) is 4.24. The highest BCUT2D eigenvalue weighted by atomic mass is 16.5. The van der Waals surface area contributed by atoms with Crippen molar-refractivity contribution in [3.8, 4) is 0 Å². The Kier molecular flexibility index (Phi) is 6.90. The molecule has 0 aromatic heterocycles. The second kappa shape index (κ2) is 7.39. The molecule has 0 aromatic rings. The average molecular weight is 154 g/mol. The fourth-order valence-corrected chi connectivity index (χ4v) is 0.953. The molecule has 0 aromatic carbocycles. The molecule has 0 fully saturated rings. The molecule has 0 aliphatic rings. The van der Waals surface area contributed by atoms with Crippen molar-refractivity contribution >= 4 is 0 Å². The molecule has 0 saturated carbocycles. The lowest BCUT2D eigenvalue weighted by Crippen LogP contribution is -2.04. The third kappa shape index (κ3) is 5.71. The number of hydrogen-bond donors (Lipinski definition) is 0. The smallest absolute Gasteiger partial charge is 0.116 e. The summed E-state index contributed by atoms with van der Waals surface area (Å²) in [5, 5.41) is 0. The third-order valence-electron chi connectivity index (χ3n) is 1.52. The van der Waals surface area contributed by atoms with Gasteiger partial charge in [0.25, 0.3) is 0 Å². The molecular formula is C10H18O. The van der Waals surface area contributed by atoms with Crippen LogP contribution < -0.4 is 0 Å². The van der Waals surface area contributed by atoms with E-state index in [4.69, 9.17) is 4.74 Å². The largest absolute Gasteiger partial charge is 0.495 e. The normalized spacial score (nSPS) is 13.3. The van der Waals surface area contributed by atoms with Crippen molar-refractivity contribution in [1.82, 2.24) is 0 Å². The van der Waals surface area contributed by atoms with Gasteiger partial charge in [0.1, 0.15) is 6.10 Å². The number of hydrogen-bond acceptors (Lipinski definition) is 1. The van der Waals surface area contributed by atoms with Crippen molar-refractivity contribution in [2.75, 3.05) is 0 Å². The van der Waals surface area contributed by atoms with Crippen LogP contribution in [0.25, 0.3) is 0 Å². The van der Waals surface area contributed by atoms with Gasteiger partial charge < -0.3 is 4.74 Å². The van der Waals surface area contributed by atoms with E-state index in [9.17, 15) is 0 Å². The number of rotatable bonds is 6. The Morgan fingerprint density at radius 3 is 2.73 bits per heavy atom. The fourth-order valence-electron chi connectivity index (χ4n) is 0.953. The molecule has 11 heavy (non-hydrogen) atoms. The van der Waals surface area contributed by atoms with Crippen molar-refractivity contribution in [2.45, 2.75) is 39.2 Å². The first-order valence-electron chi connectivity index (χ1n) is 4.24. The highest BCUT2D eigenvalue weighted by molar-refractivity contribution is 4.87. The number of ether oxygens (including phenoxy) is 1. The van der Waals surface area contributed by atoms with E-state index in [1.54, 1.807) is 0 Å². The summed E-state index contributed by atoms with van der Waals surface area (Å²) in [6.07, 6.45) is 9.35. The minimum Gasteiger partial charge on any atom is -0.495 e. The topological polar surface area (TPSA) is 9.23 Å². The molecule has 1 nitrogen and oxygen atoms in total. The summed E-state index contributed by atoms with van der Waals surface area (Å²) in [5.74, 6) is 0. The monoisotopic (exact) mass is 154 g/mol. The second-order valence-electron chi connectivity index (χ2n) is 2.51. The summed E-state index contributed by atoms with van der Waals surface area (Å²) in [6.45, 7) is 7.72. The molecule has 0 heterocycles. The second-order valence-corrected chi connectivity index (χ2v) is 2.51. The van der Waals surface area contributed by atoms with E-state index in [0.717, 1.165) is 6.42 Å². The zero-order chi connectivity index (χ0) is 8.53. The maximum absolute atomic E-state index is 5.26. The van der Waals surface area contributed by atoms with Gasteiger partial charge in [-0.3, -0.25) is 0 Å². The molecule has 0 aliphatic heterocycles. The van der Waals surface area contributed by atoms with Gasteiger partial charge in [-0.15, -0.1) is 0 Å². The van der Waals surface area contributed by atoms with Crippen molar-refractivity contribution in [1.29, 1.82) is 0 Å². The quantitative estimate of drug-likeness (QED) is 0.421. The first kappa shape index (κ1) is 10.3. The van der Waals surface area contributed by atoms with E-state index < -0.39 is 0 Å². The fraction of sp³-hybridized carbons (Fsp3) is 0.600. The standard InChI is InChI=1S/C10H18O/c1-4-7-9-10(8-5-2)11-6-3/h5-6,8,10H,3-4,7,9H2,1-2H3/b8-5+. The molecule has 1 heteroatoms. The van der Waals surface area contributed by atoms with Crippen molar-refractivity contribution in [2.24, 2.45) is 0 Å². The zero-order valence-corrected chi connectivity index (χ0v) is 7.55. The van der Waals surface area contributed by atoms with Crippen LogP contribution in [0.1, 0.15) is 33.1 Å². The molecule has 0 amide bonds. The van der Waals surface area contributed by atoms with E-state index in [2.05, 4.69) is 19.6 Å². The Hall–Kier alpha value is -0.720. The average Bonchev–Trinajstić information content (AvgIpc) is 2.01. The Balaban J connectivity index is 3.59. The van der Waals surface area contributed by atoms with Gasteiger partial charge in [-0.2, -0.15) is 0 Å². The summed E-state index contributed by atoms with van der Waals surface area (Å²) < 4.78 is 5.26. The SMILES string of the molecule is C=COC(/C=C/C)CCCC. The van der Waals surface area contributed by atoms with Crippen molar-refractivity contribution < 1.29 is 4.74 Å². The van der Waals surface area contributed by atoms with Crippen LogP contribution in [-0.2, 0) is 4.74 Å². The Labute approximate surface area is 69.8 Å². The van der Waals surface area contributed by atoms with Gasteiger partial charge in [-0.25, -0.2) is 0 Å².